The summed E-state index contributed by atoms with van der Waals surface area (Å²) in [4.78, 5) is 4.67. The molecule has 2 aromatic rings. The summed E-state index contributed by atoms with van der Waals surface area (Å²) in [5.41, 5.74) is 1.48. The number of thiazole rings is 1. The van der Waals surface area contributed by atoms with Gasteiger partial charge in [0.2, 0.25) is 0 Å². The second-order valence-corrected chi connectivity index (χ2v) is 10.7. The van der Waals surface area contributed by atoms with Crippen LogP contribution in [0, 0.1) is 5.41 Å². The highest BCUT2D eigenvalue weighted by Gasteiger charge is 2.27. The zero-order valence-corrected chi connectivity index (χ0v) is 14.6. The van der Waals surface area contributed by atoms with E-state index >= 15 is 0 Å². The van der Waals surface area contributed by atoms with E-state index in [9.17, 15) is 0 Å². The molecular formula is C15H21NS3. The average Bonchev–Trinajstić information content (AvgIpc) is 2.66. The lowest BCUT2D eigenvalue weighted by Crippen LogP contribution is -2.22. The summed E-state index contributed by atoms with van der Waals surface area (Å²) in [6.45, 7) is 11.6. The van der Waals surface area contributed by atoms with Gasteiger partial charge in [0.1, 0.15) is 0 Å². The lowest BCUT2D eigenvalue weighted by atomic mass is 9.86. The van der Waals surface area contributed by atoms with Gasteiger partial charge in [-0.25, -0.2) is 4.98 Å². The lowest BCUT2D eigenvalue weighted by Gasteiger charge is -2.30. The van der Waals surface area contributed by atoms with Gasteiger partial charge in [0.05, 0.1) is 10.2 Å². The molecule has 0 atom stereocenters. The molecule has 1 aromatic heterocycles. The number of fused-ring (bicyclic) bond motifs is 1. The van der Waals surface area contributed by atoms with Crippen molar-refractivity contribution in [2.24, 2.45) is 5.41 Å². The third-order valence-corrected chi connectivity index (χ3v) is 7.21. The molecule has 2 rings (SSSR count). The fourth-order valence-electron chi connectivity index (χ4n) is 2.34. The molecule has 1 nitrogen and oxygen atoms in total. The Hall–Kier alpha value is -0.190. The topological polar surface area (TPSA) is 12.9 Å². The van der Waals surface area contributed by atoms with Crippen molar-refractivity contribution in [1.82, 2.24) is 4.98 Å². The van der Waals surface area contributed by atoms with E-state index < -0.39 is 0 Å². The second-order valence-electron chi connectivity index (χ2n) is 6.61. The number of para-hydroxylation sites is 1. The molecule has 0 N–H and O–H groups in total. The summed E-state index contributed by atoms with van der Waals surface area (Å²) in [6, 6.07) is 8.35. The Labute approximate surface area is 128 Å². The van der Waals surface area contributed by atoms with E-state index in [0.29, 0.717) is 5.41 Å². The average molecular weight is 312 g/mol. The van der Waals surface area contributed by atoms with Crippen LogP contribution in [0.5, 0.6) is 0 Å². The van der Waals surface area contributed by atoms with Crippen LogP contribution in [0.2, 0.25) is 0 Å². The Morgan fingerprint density at radius 3 is 2.42 bits per heavy atom. The number of rotatable bonds is 4. The van der Waals surface area contributed by atoms with Crippen LogP contribution in [0.4, 0.5) is 0 Å². The molecule has 0 aliphatic rings. The van der Waals surface area contributed by atoms with Crippen LogP contribution in [0.25, 0.3) is 10.2 Å². The molecule has 0 amide bonds. The van der Waals surface area contributed by atoms with Crippen molar-refractivity contribution in [2.75, 3.05) is 0 Å². The molecule has 0 aliphatic carbocycles. The molecule has 0 spiro atoms. The third kappa shape index (κ3) is 4.69. The van der Waals surface area contributed by atoms with Gasteiger partial charge < -0.3 is 0 Å². The SMILES string of the molecule is CC(C)(C)CC(C)(C)SSc1nc2ccccc2s1. The molecule has 0 bridgehead atoms. The van der Waals surface area contributed by atoms with Gasteiger partial charge in [-0.15, -0.1) is 11.3 Å². The van der Waals surface area contributed by atoms with E-state index in [2.05, 4.69) is 57.8 Å². The summed E-state index contributed by atoms with van der Waals surface area (Å²) in [5.74, 6) is 0. The normalized spacial score (nSPS) is 13.1. The van der Waals surface area contributed by atoms with Crippen molar-refractivity contribution in [2.45, 2.75) is 50.1 Å². The Kier molecular flexibility index (Phi) is 4.53. The zero-order valence-electron chi connectivity index (χ0n) is 12.2. The van der Waals surface area contributed by atoms with E-state index in [4.69, 9.17) is 0 Å². The predicted octanol–water partition coefficient (Wildman–Crippen LogP) is 6.25. The molecule has 0 saturated heterocycles. The number of nitrogens with zero attached hydrogens (tertiary/aromatic N) is 1. The highest BCUT2D eigenvalue weighted by atomic mass is 33.1. The summed E-state index contributed by atoms with van der Waals surface area (Å²) < 4.78 is 2.70. The summed E-state index contributed by atoms with van der Waals surface area (Å²) in [5, 5.41) is 0. The maximum absolute atomic E-state index is 4.67. The minimum atomic E-state index is 0.265. The molecule has 0 saturated carbocycles. The maximum atomic E-state index is 4.67. The highest BCUT2D eigenvalue weighted by Crippen LogP contribution is 2.47. The van der Waals surface area contributed by atoms with Gasteiger partial charge in [0.25, 0.3) is 0 Å². The molecule has 1 heterocycles. The summed E-state index contributed by atoms with van der Waals surface area (Å²) in [7, 11) is 3.76. The zero-order chi connectivity index (χ0) is 14.1. The standard InChI is InChI=1S/C15H21NS3/c1-14(2,3)10-15(4,5)19-18-13-16-11-8-6-7-9-12(11)17-13/h6-9H,10H2,1-5H3. The van der Waals surface area contributed by atoms with Gasteiger partial charge in [-0.2, -0.15) is 0 Å². The van der Waals surface area contributed by atoms with Crippen molar-refractivity contribution in [3.8, 4) is 0 Å². The molecular weight excluding hydrogens is 290 g/mol. The minimum Gasteiger partial charge on any atom is -0.229 e. The predicted molar refractivity (Wildman–Crippen MR) is 91.2 cm³/mol. The summed E-state index contributed by atoms with van der Waals surface area (Å²) >= 11 is 1.79. The minimum absolute atomic E-state index is 0.265. The summed E-state index contributed by atoms with van der Waals surface area (Å²) in [6.07, 6.45) is 1.20. The molecule has 0 unspecified atom stereocenters. The van der Waals surface area contributed by atoms with Gasteiger partial charge in [-0.1, -0.05) is 43.7 Å². The van der Waals surface area contributed by atoms with Crippen LogP contribution in [0.15, 0.2) is 28.6 Å². The van der Waals surface area contributed by atoms with E-state index in [1.165, 1.54) is 11.1 Å². The van der Waals surface area contributed by atoms with Crippen LogP contribution in [0.3, 0.4) is 0 Å². The first-order chi connectivity index (χ1) is 8.75. The number of hydrogen-bond donors (Lipinski definition) is 0. The van der Waals surface area contributed by atoms with Crippen molar-refractivity contribution >= 4 is 43.1 Å². The van der Waals surface area contributed by atoms with Crippen molar-refractivity contribution < 1.29 is 0 Å². The number of hydrogen-bond acceptors (Lipinski definition) is 4. The first-order valence-corrected chi connectivity index (χ1v) is 9.43. The number of benzene rings is 1. The molecule has 1 aromatic carbocycles. The van der Waals surface area contributed by atoms with Gasteiger partial charge in [0.15, 0.2) is 4.34 Å². The third-order valence-electron chi connectivity index (χ3n) is 2.57. The Morgan fingerprint density at radius 2 is 1.79 bits per heavy atom. The lowest BCUT2D eigenvalue weighted by molar-refractivity contribution is 0.340. The van der Waals surface area contributed by atoms with E-state index in [1.807, 2.05) is 27.7 Å². The quantitative estimate of drug-likeness (QED) is 0.619. The van der Waals surface area contributed by atoms with Crippen LogP contribution < -0.4 is 0 Å². The van der Waals surface area contributed by atoms with Crippen molar-refractivity contribution in [3.63, 3.8) is 0 Å². The number of aromatic nitrogens is 1. The van der Waals surface area contributed by atoms with Crippen LogP contribution >= 0.6 is 32.9 Å². The molecule has 19 heavy (non-hydrogen) atoms. The first-order valence-electron chi connectivity index (χ1n) is 6.46. The maximum Gasteiger partial charge on any atom is 0.161 e. The van der Waals surface area contributed by atoms with Crippen molar-refractivity contribution in [1.29, 1.82) is 0 Å². The largest absolute Gasteiger partial charge is 0.229 e. The molecule has 0 radical (unpaired) electrons. The van der Waals surface area contributed by atoms with Gasteiger partial charge >= 0.3 is 0 Å². The van der Waals surface area contributed by atoms with Gasteiger partial charge in [-0.05, 0) is 48.6 Å². The Bertz CT molecular complexity index is 519. The van der Waals surface area contributed by atoms with Crippen molar-refractivity contribution in [3.05, 3.63) is 24.3 Å². The Morgan fingerprint density at radius 1 is 1.11 bits per heavy atom. The Balaban J connectivity index is 2.01. The fraction of sp³-hybridized carbons (Fsp3) is 0.533. The first kappa shape index (κ1) is 15.2. The van der Waals surface area contributed by atoms with E-state index in [1.54, 1.807) is 11.3 Å². The molecule has 104 valence electrons. The van der Waals surface area contributed by atoms with E-state index in [-0.39, 0.29) is 4.75 Å². The van der Waals surface area contributed by atoms with Crippen LogP contribution in [-0.2, 0) is 0 Å². The van der Waals surface area contributed by atoms with Crippen LogP contribution in [0.1, 0.15) is 41.0 Å². The van der Waals surface area contributed by atoms with Gasteiger partial charge in [-0.3, -0.25) is 0 Å². The molecule has 0 fully saturated rings. The second kappa shape index (κ2) is 5.66. The highest BCUT2D eigenvalue weighted by molar-refractivity contribution is 8.77. The van der Waals surface area contributed by atoms with Crippen LogP contribution in [-0.4, -0.2) is 9.73 Å². The van der Waals surface area contributed by atoms with Gasteiger partial charge in [0, 0.05) is 4.75 Å². The molecule has 0 aliphatic heterocycles. The van der Waals surface area contributed by atoms with E-state index in [0.717, 1.165) is 9.86 Å². The smallest absolute Gasteiger partial charge is 0.161 e. The molecule has 4 heteroatoms. The fourth-order valence-corrected chi connectivity index (χ4v) is 6.16. The monoisotopic (exact) mass is 311 g/mol.